The summed E-state index contributed by atoms with van der Waals surface area (Å²) in [5, 5.41) is 3.11. The summed E-state index contributed by atoms with van der Waals surface area (Å²) in [5.41, 5.74) is -0.0556. The molecule has 1 atom stereocenters. The molecule has 23 heavy (non-hydrogen) atoms. The maximum absolute atomic E-state index is 12.7. The van der Waals surface area contributed by atoms with Crippen LogP contribution in [0.2, 0.25) is 0 Å². The molecule has 0 bridgehead atoms. The van der Waals surface area contributed by atoms with Gasteiger partial charge in [-0.15, -0.1) is 0 Å². The highest BCUT2D eigenvalue weighted by molar-refractivity contribution is 5.40. The first kappa shape index (κ1) is 15.7. The van der Waals surface area contributed by atoms with E-state index in [0.29, 0.717) is 36.8 Å². The third-order valence-corrected chi connectivity index (χ3v) is 3.52. The van der Waals surface area contributed by atoms with Crippen LogP contribution < -0.4 is 14.8 Å². The molecule has 1 aliphatic heterocycles. The zero-order valence-electron chi connectivity index (χ0n) is 12.3. The Morgan fingerprint density at radius 2 is 1.83 bits per heavy atom. The number of rotatable bonds is 4. The van der Waals surface area contributed by atoms with Crippen molar-refractivity contribution in [2.45, 2.75) is 18.8 Å². The van der Waals surface area contributed by atoms with Crippen LogP contribution in [0.5, 0.6) is 11.5 Å². The van der Waals surface area contributed by atoms with Crippen LogP contribution in [0.15, 0.2) is 48.5 Å². The van der Waals surface area contributed by atoms with Gasteiger partial charge in [-0.05, 0) is 23.8 Å². The Hall–Kier alpha value is -2.21. The van der Waals surface area contributed by atoms with Crippen LogP contribution in [0.1, 0.15) is 11.1 Å². The maximum Gasteiger partial charge on any atom is 0.416 e. The topological polar surface area (TPSA) is 30.5 Å². The maximum atomic E-state index is 12.7. The molecular formula is C17H16F3NO2. The quantitative estimate of drug-likeness (QED) is 0.932. The molecule has 0 unspecified atom stereocenters. The number of hydrogen-bond acceptors (Lipinski definition) is 3. The molecule has 3 nitrogen and oxygen atoms in total. The van der Waals surface area contributed by atoms with Crippen molar-refractivity contribution in [1.82, 2.24) is 5.32 Å². The van der Waals surface area contributed by atoms with Crippen molar-refractivity contribution < 1.29 is 22.6 Å². The Morgan fingerprint density at radius 1 is 1.04 bits per heavy atom. The Morgan fingerprint density at radius 3 is 2.61 bits per heavy atom. The molecule has 0 radical (unpaired) electrons. The summed E-state index contributed by atoms with van der Waals surface area (Å²) in [6.07, 6.45) is -4.49. The van der Waals surface area contributed by atoms with Crippen molar-refractivity contribution in [2.75, 3.05) is 13.2 Å². The summed E-state index contributed by atoms with van der Waals surface area (Å²) in [4.78, 5) is 0. The number of benzene rings is 2. The fourth-order valence-electron chi connectivity index (χ4n) is 2.40. The normalized spacial score (nSPS) is 17.1. The molecule has 1 aliphatic rings. The predicted octanol–water partition coefficient (Wildman–Crippen LogP) is 3.64. The summed E-state index contributed by atoms with van der Waals surface area (Å²) in [6, 6.07) is 12.7. The van der Waals surface area contributed by atoms with E-state index in [9.17, 15) is 13.2 Å². The van der Waals surface area contributed by atoms with Crippen molar-refractivity contribution >= 4 is 0 Å². The second kappa shape index (κ2) is 6.50. The molecule has 2 aromatic rings. The summed E-state index contributed by atoms with van der Waals surface area (Å²) in [7, 11) is 0. The third kappa shape index (κ3) is 3.96. The van der Waals surface area contributed by atoms with Crippen LogP contribution in [0.4, 0.5) is 13.2 Å². The minimum absolute atomic E-state index is 0.171. The van der Waals surface area contributed by atoms with Gasteiger partial charge in [0, 0.05) is 13.1 Å². The van der Waals surface area contributed by atoms with Crippen molar-refractivity contribution in [3.05, 3.63) is 59.7 Å². The van der Waals surface area contributed by atoms with Gasteiger partial charge in [-0.25, -0.2) is 0 Å². The van der Waals surface area contributed by atoms with Crippen molar-refractivity contribution in [1.29, 1.82) is 0 Å². The Kier molecular flexibility index (Phi) is 4.43. The minimum atomic E-state index is -4.32. The molecule has 0 amide bonds. The van der Waals surface area contributed by atoms with Crippen LogP contribution in [0, 0.1) is 0 Å². The fraction of sp³-hybridized carbons (Fsp3) is 0.294. The Balaban J connectivity index is 1.53. The van der Waals surface area contributed by atoms with E-state index < -0.39 is 11.7 Å². The molecule has 6 heteroatoms. The van der Waals surface area contributed by atoms with E-state index in [4.69, 9.17) is 9.47 Å². The highest BCUT2D eigenvalue weighted by Crippen LogP contribution is 2.31. The van der Waals surface area contributed by atoms with Gasteiger partial charge in [0.15, 0.2) is 11.5 Å². The van der Waals surface area contributed by atoms with Gasteiger partial charge in [-0.2, -0.15) is 13.2 Å². The lowest BCUT2D eigenvalue weighted by molar-refractivity contribution is -0.137. The van der Waals surface area contributed by atoms with Crippen molar-refractivity contribution in [3.63, 3.8) is 0 Å². The summed E-state index contributed by atoms with van der Waals surface area (Å²) in [6.45, 7) is 1.24. The van der Waals surface area contributed by atoms with Crippen LogP contribution in [0.3, 0.4) is 0 Å². The average molecular weight is 323 g/mol. The lowest BCUT2D eigenvalue weighted by Crippen LogP contribution is -2.38. The molecular weight excluding hydrogens is 307 g/mol. The number of ether oxygens (including phenoxy) is 2. The first-order chi connectivity index (χ1) is 11.0. The van der Waals surface area contributed by atoms with Crippen LogP contribution in [0.25, 0.3) is 0 Å². The van der Waals surface area contributed by atoms with Gasteiger partial charge in [-0.1, -0.05) is 30.3 Å². The van der Waals surface area contributed by atoms with E-state index in [-0.39, 0.29) is 6.10 Å². The molecule has 0 saturated carbocycles. The fourth-order valence-corrected chi connectivity index (χ4v) is 2.40. The van der Waals surface area contributed by atoms with E-state index >= 15 is 0 Å². The van der Waals surface area contributed by atoms with Gasteiger partial charge < -0.3 is 14.8 Å². The lowest BCUT2D eigenvalue weighted by atomic mass is 10.1. The molecule has 0 spiro atoms. The smallest absolute Gasteiger partial charge is 0.416 e. The van der Waals surface area contributed by atoms with Gasteiger partial charge >= 0.3 is 6.18 Å². The average Bonchev–Trinajstić information content (AvgIpc) is 2.54. The first-order valence-corrected chi connectivity index (χ1v) is 7.28. The van der Waals surface area contributed by atoms with E-state index in [1.807, 2.05) is 24.3 Å². The number of para-hydroxylation sites is 2. The van der Waals surface area contributed by atoms with Gasteiger partial charge in [0.05, 0.1) is 5.56 Å². The van der Waals surface area contributed by atoms with E-state index in [1.165, 1.54) is 6.07 Å². The molecule has 3 rings (SSSR count). The summed E-state index contributed by atoms with van der Waals surface area (Å²) in [5.74, 6) is 1.39. The lowest BCUT2D eigenvalue weighted by Gasteiger charge is -2.26. The monoisotopic (exact) mass is 323 g/mol. The third-order valence-electron chi connectivity index (χ3n) is 3.52. The molecule has 0 saturated heterocycles. The predicted molar refractivity (Wildman–Crippen MR) is 79.5 cm³/mol. The molecule has 0 aromatic heterocycles. The van der Waals surface area contributed by atoms with Gasteiger partial charge in [0.25, 0.3) is 0 Å². The number of hydrogen-bond donors (Lipinski definition) is 1. The first-order valence-electron chi connectivity index (χ1n) is 7.28. The number of halogens is 3. The number of alkyl halides is 3. The number of fused-ring (bicyclic) bond motifs is 1. The summed E-state index contributed by atoms with van der Waals surface area (Å²) < 4.78 is 49.4. The Bertz CT molecular complexity index is 673. The van der Waals surface area contributed by atoms with Crippen LogP contribution >= 0.6 is 0 Å². The Labute approximate surface area is 132 Å². The minimum Gasteiger partial charge on any atom is -0.486 e. The zero-order valence-corrected chi connectivity index (χ0v) is 12.3. The highest BCUT2D eigenvalue weighted by atomic mass is 19.4. The number of nitrogens with one attached hydrogen (secondary N) is 1. The molecule has 1 heterocycles. The van der Waals surface area contributed by atoms with Gasteiger partial charge in [-0.3, -0.25) is 0 Å². The SMILES string of the molecule is FC(F)(F)c1cccc(CNC[C@H]2COc3ccccc3O2)c1. The van der Waals surface area contributed by atoms with Crippen molar-refractivity contribution in [3.8, 4) is 11.5 Å². The zero-order chi connectivity index (χ0) is 16.3. The molecule has 0 fully saturated rings. The standard InChI is InChI=1S/C17H16F3NO2/c18-17(19,20)13-5-3-4-12(8-13)9-21-10-14-11-22-15-6-1-2-7-16(15)23-14/h1-8,14,21H,9-11H2/t14-/m0/s1. The molecule has 0 aliphatic carbocycles. The molecule has 2 aromatic carbocycles. The molecule has 122 valence electrons. The highest BCUT2D eigenvalue weighted by Gasteiger charge is 2.30. The largest absolute Gasteiger partial charge is 0.486 e. The van der Waals surface area contributed by atoms with Crippen molar-refractivity contribution in [2.24, 2.45) is 0 Å². The van der Waals surface area contributed by atoms with Crippen LogP contribution in [-0.2, 0) is 12.7 Å². The van der Waals surface area contributed by atoms with Gasteiger partial charge in [0.1, 0.15) is 12.7 Å². The van der Waals surface area contributed by atoms with Gasteiger partial charge in [0.2, 0.25) is 0 Å². The van der Waals surface area contributed by atoms with Crippen LogP contribution in [-0.4, -0.2) is 19.3 Å². The second-order valence-electron chi connectivity index (χ2n) is 5.33. The van der Waals surface area contributed by atoms with E-state index in [1.54, 1.807) is 6.07 Å². The second-order valence-corrected chi connectivity index (χ2v) is 5.33. The summed E-state index contributed by atoms with van der Waals surface area (Å²) >= 11 is 0. The van der Waals surface area contributed by atoms with E-state index in [0.717, 1.165) is 12.1 Å². The van der Waals surface area contributed by atoms with E-state index in [2.05, 4.69) is 5.32 Å². The molecule has 1 N–H and O–H groups in total.